The third-order valence-corrected chi connectivity index (χ3v) is 2.49. The second-order valence-corrected chi connectivity index (χ2v) is 3.39. The number of hydrogen-bond donors (Lipinski definition) is 2. The highest BCUT2D eigenvalue weighted by Gasteiger charge is 2.38. The summed E-state index contributed by atoms with van der Waals surface area (Å²) in [7, 11) is 1.56. The predicted molar refractivity (Wildman–Crippen MR) is 38.2 cm³/mol. The highest BCUT2D eigenvalue weighted by Crippen LogP contribution is 2.15. The molecule has 0 aliphatic carbocycles. The summed E-state index contributed by atoms with van der Waals surface area (Å²) in [4.78, 5) is 0. The molecule has 1 saturated heterocycles. The van der Waals surface area contributed by atoms with Crippen LogP contribution in [0.4, 0.5) is 0 Å². The van der Waals surface area contributed by atoms with Gasteiger partial charge in [-0.1, -0.05) is 0 Å². The van der Waals surface area contributed by atoms with Gasteiger partial charge in [0.1, 0.15) is 5.60 Å². The van der Waals surface area contributed by atoms with Crippen LogP contribution in [0.25, 0.3) is 0 Å². The first-order valence-electron chi connectivity index (χ1n) is 3.02. The van der Waals surface area contributed by atoms with Crippen molar-refractivity contribution in [3.63, 3.8) is 0 Å². The van der Waals surface area contributed by atoms with Crippen LogP contribution in [0.1, 0.15) is 0 Å². The number of nitrogens with one attached hydrogen (secondary N) is 1. The van der Waals surface area contributed by atoms with Crippen LogP contribution in [0.3, 0.4) is 0 Å². The average molecular weight is 165 g/mol. The molecule has 4 nitrogen and oxygen atoms in total. The first-order valence-corrected chi connectivity index (χ1v) is 4.29. The van der Waals surface area contributed by atoms with Crippen molar-refractivity contribution in [2.24, 2.45) is 0 Å². The summed E-state index contributed by atoms with van der Waals surface area (Å²) in [5, 5.41) is 2.99. The molecule has 1 heterocycles. The summed E-state index contributed by atoms with van der Waals surface area (Å²) in [6, 6.07) is 0. The van der Waals surface area contributed by atoms with Gasteiger partial charge in [0.05, 0.1) is 5.75 Å². The maximum atomic E-state index is 10.4. The Kier molecular flexibility index (Phi) is 2.40. The molecule has 0 aromatic rings. The van der Waals surface area contributed by atoms with Crippen LogP contribution in [0, 0.1) is 0 Å². The average Bonchev–Trinajstić information content (AvgIpc) is 1.78. The fraction of sp³-hybridized carbons (Fsp3) is 1.00. The Balaban J connectivity index is 2.40. The maximum absolute atomic E-state index is 10.4. The first-order chi connectivity index (χ1) is 4.68. The molecule has 10 heavy (non-hydrogen) atoms. The van der Waals surface area contributed by atoms with Gasteiger partial charge in [-0.3, -0.25) is 0 Å². The minimum absolute atomic E-state index is 0.205. The zero-order valence-corrected chi connectivity index (χ0v) is 6.61. The number of methoxy groups -OCH3 is 1. The molecule has 1 fully saturated rings. The van der Waals surface area contributed by atoms with E-state index < -0.39 is 11.1 Å². The van der Waals surface area contributed by atoms with E-state index >= 15 is 0 Å². The Labute approximate surface area is 62.2 Å². The molecule has 5 heteroatoms. The van der Waals surface area contributed by atoms with Gasteiger partial charge in [-0.15, -0.1) is 0 Å². The van der Waals surface area contributed by atoms with E-state index in [1.54, 1.807) is 7.11 Å². The fourth-order valence-corrected chi connectivity index (χ4v) is 1.71. The Hall–Kier alpha value is 0.0300. The smallest absolute Gasteiger partial charge is 0.155 e. The lowest BCUT2D eigenvalue weighted by molar-refractivity contribution is -0.0321. The molecule has 1 unspecified atom stereocenters. The summed E-state index contributed by atoms with van der Waals surface area (Å²) in [5.41, 5.74) is -0.375. The van der Waals surface area contributed by atoms with Gasteiger partial charge in [0.2, 0.25) is 0 Å². The second-order valence-electron chi connectivity index (χ2n) is 2.46. The molecule has 0 spiro atoms. The minimum atomic E-state index is -1.75. The third-order valence-electron chi connectivity index (χ3n) is 1.71. The van der Waals surface area contributed by atoms with Crippen LogP contribution in [0.2, 0.25) is 0 Å². The van der Waals surface area contributed by atoms with Crippen molar-refractivity contribution >= 4 is 11.1 Å². The van der Waals surface area contributed by atoms with Gasteiger partial charge in [-0.2, -0.15) is 0 Å². The highest BCUT2D eigenvalue weighted by molar-refractivity contribution is 7.79. The second kappa shape index (κ2) is 2.96. The normalized spacial score (nSPS) is 25.4. The molecular formula is C5H11NO3S. The number of rotatable bonds is 3. The van der Waals surface area contributed by atoms with E-state index in [0.717, 1.165) is 0 Å². The standard InChI is InChI=1S/C5H11NO3S/c1-9-5(2-6-3-5)4-10(7)8/h6H,2-4H2,1H3,(H,7,8). The van der Waals surface area contributed by atoms with Crippen molar-refractivity contribution in [2.75, 3.05) is 26.0 Å². The van der Waals surface area contributed by atoms with Crippen LogP contribution in [0.15, 0.2) is 0 Å². The van der Waals surface area contributed by atoms with Gasteiger partial charge in [0.25, 0.3) is 0 Å². The number of hydrogen-bond acceptors (Lipinski definition) is 3. The lowest BCUT2D eigenvalue weighted by Crippen LogP contribution is -2.63. The van der Waals surface area contributed by atoms with Crippen molar-refractivity contribution in [1.29, 1.82) is 0 Å². The van der Waals surface area contributed by atoms with Crippen LogP contribution in [-0.2, 0) is 15.8 Å². The molecule has 1 aliphatic rings. The third kappa shape index (κ3) is 1.54. The Bertz CT molecular complexity index is 140. The molecular weight excluding hydrogens is 154 g/mol. The minimum Gasteiger partial charge on any atom is -0.375 e. The predicted octanol–water partition coefficient (Wildman–Crippen LogP) is -0.803. The molecule has 0 aromatic heterocycles. The molecule has 0 bridgehead atoms. The van der Waals surface area contributed by atoms with Crippen LogP contribution in [0.5, 0.6) is 0 Å². The summed E-state index contributed by atoms with van der Waals surface area (Å²) in [5.74, 6) is 0.205. The Morgan fingerprint density at radius 3 is 2.50 bits per heavy atom. The molecule has 1 rings (SSSR count). The monoisotopic (exact) mass is 165 g/mol. The highest BCUT2D eigenvalue weighted by atomic mass is 32.2. The van der Waals surface area contributed by atoms with E-state index in [1.165, 1.54) is 0 Å². The molecule has 1 aliphatic heterocycles. The quantitative estimate of drug-likeness (QED) is 0.537. The van der Waals surface area contributed by atoms with Crippen molar-refractivity contribution < 1.29 is 13.5 Å². The lowest BCUT2D eigenvalue weighted by atomic mass is 10.0. The van der Waals surface area contributed by atoms with Crippen molar-refractivity contribution in [2.45, 2.75) is 5.60 Å². The van der Waals surface area contributed by atoms with E-state index in [-0.39, 0.29) is 11.4 Å². The van der Waals surface area contributed by atoms with E-state index in [0.29, 0.717) is 13.1 Å². The SMILES string of the molecule is COC1(CS(=O)O)CNC1. The molecule has 1 atom stereocenters. The summed E-state index contributed by atoms with van der Waals surface area (Å²) < 4.78 is 24.0. The van der Waals surface area contributed by atoms with Crippen LogP contribution in [-0.4, -0.2) is 40.3 Å². The van der Waals surface area contributed by atoms with Gasteiger partial charge in [-0.25, -0.2) is 4.21 Å². The molecule has 0 saturated carbocycles. The molecule has 0 aromatic carbocycles. The molecule has 0 amide bonds. The van der Waals surface area contributed by atoms with E-state index in [9.17, 15) is 4.21 Å². The zero-order valence-electron chi connectivity index (χ0n) is 5.79. The van der Waals surface area contributed by atoms with Crippen LogP contribution < -0.4 is 5.32 Å². The molecule has 60 valence electrons. The molecule has 2 N–H and O–H groups in total. The van der Waals surface area contributed by atoms with Gasteiger partial charge in [-0.05, 0) is 0 Å². The zero-order chi connectivity index (χ0) is 7.61. The lowest BCUT2D eigenvalue weighted by Gasteiger charge is -2.40. The molecule has 0 radical (unpaired) electrons. The fourth-order valence-electron chi connectivity index (χ4n) is 0.934. The van der Waals surface area contributed by atoms with Crippen molar-refractivity contribution in [3.8, 4) is 0 Å². The largest absolute Gasteiger partial charge is 0.375 e. The van der Waals surface area contributed by atoms with Crippen LogP contribution >= 0.6 is 0 Å². The van der Waals surface area contributed by atoms with Gasteiger partial charge >= 0.3 is 0 Å². The van der Waals surface area contributed by atoms with Gasteiger partial charge in [0, 0.05) is 20.2 Å². The van der Waals surface area contributed by atoms with E-state index in [4.69, 9.17) is 9.29 Å². The first kappa shape index (κ1) is 8.13. The van der Waals surface area contributed by atoms with Gasteiger partial charge < -0.3 is 14.6 Å². The van der Waals surface area contributed by atoms with Crippen molar-refractivity contribution in [3.05, 3.63) is 0 Å². The number of ether oxygens (including phenoxy) is 1. The Morgan fingerprint density at radius 1 is 1.80 bits per heavy atom. The van der Waals surface area contributed by atoms with Crippen molar-refractivity contribution in [1.82, 2.24) is 5.32 Å². The topological polar surface area (TPSA) is 58.6 Å². The summed E-state index contributed by atoms with van der Waals surface area (Å²) in [6.45, 7) is 1.35. The van der Waals surface area contributed by atoms with E-state index in [1.807, 2.05) is 0 Å². The maximum Gasteiger partial charge on any atom is 0.155 e. The summed E-state index contributed by atoms with van der Waals surface area (Å²) in [6.07, 6.45) is 0. The van der Waals surface area contributed by atoms with Gasteiger partial charge in [0.15, 0.2) is 11.1 Å². The van der Waals surface area contributed by atoms with E-state index in [2.05, 4.69) is 5.32 Å². The summed E-state index contributed by atoms with van der Waals surface area (Å²) >= 11 is -1.75. The Morgan fingerprint density at radius 2 is 2.40 bits per heavy atom.